The lowest BCUT2D eigenvalue weighted by molar-refractivity contribution is -0.137. The number of ether oxygens (including phenoxy) is 1. The molecule has 0 spiro atoms. The Balaban J connectivity index is 1.54. The highest BCUT2D eigenvalue weighted by molar-refractivity contribution is 6.03. The zero-order chi connectivity index (χ0) is 24.8. The molecule has 5 nitrogen and oxygen atoms in total. The number of aryl methyl sites for hydroxylation is 1. The number of hydrogen-bond donors (Lipinski definition) is 1. The number of aliphatic carboxylic acids is 1. The minimum Gasteiger partial charge on any atom is -0.489 e. The number of carbonyl (C=O) groups excluding carboxylic acids is 1. The Morgan fingerprint density at radius 1 is 0.943 bits per heavy atom. The number of carboxylic acids is 1. The fourth-order valence-corrected chi connectivity index (χ4v) is 4.39. The van der Waals surface area contributed by atoms with Crippen molar-refractivity contribution in [1.29, 1.82) is 0 Å². The number of hydrogen-bond acceptors (Lipinski definition) is 3. The van der Waals surface area contributed by atoms with Gasteiger partial charge in [-0.15, -0.1) is 0 Å². The molecule has 1 heterocycles. The lowest BCUT2D eigenvalue weighted by atomic mass is 10.0. The molecule has 4 rings (SSSR count). The topological polar surface area (TPSA) is 68.5 Å². The van der Waals surface area contributed by atoms with Crippen molar-refractivity contribution in [2.24, 2.45) is 5.92 Å². The van der Waals surface area contributed by atoms with Gasteiger partial charge in [0.15, 0.2) is 0 Å². The number of rotatable bonds is 10. The van der Waals surface area contributed by atoms with Crippen molar-refractivity contribution in [1.82, 2.24) is 4.57 Å². The van der Waals surface area contributed by atoms with Gasteiger partial charge in [0.2, 0.25) is 0 Å². The maximum atomic E-state index is 13.5. The van der Waals surface area contributed by atoms with Gasteiger partial charge in [0.25, 0.3) is 5.91 Å². The third-order valence-electron chi connectivity index (χ3n) is 6.02. The molecular weight excluding hydrogens is 438 g/mol. The van der Waals surface area contributed by atoms with Crippen molar-refractivity contribution in [3.05, 3.63) is 101 Å². The number of carbonyl (C=O) groups is 2. The summed E-state index contributed by atoms with van der Waals surface area (Å²) >= 11 is 0. The van der Waals surface area contributed by atoms with Gasteiger partial charge in [-0.1, -0.05) is 62.4 Å². The van der Waals surface area contributed by atoms with Gasteiger partial charge in [-0.25, -0.2) is 0 Å². The molecule has 0 unspecified atom stereocenters. The second-order valence-electron chi connectivity index (χ2n) is 9.29. The van der Waals surface area contributed by atoms with Crippen molar-refractivity contribution in [2.45, 2.75) is 46.1 Å². The first-order valence-corrected chi connectivity index (χ1v) is 12.1. The molecule has 5 heteroatoms. The third-order valence-corrected chi connectivity index (χ3v) is 6.02. The van der Waals surface area contributed by atoms with Crippen LogP contribution < -0.4 is 4.74 Å². The van der Waals surface area contributed by atoms with E-state index in [1.54, 1.807) is 4.57 Å². The molecule has 0 saturated heterocycles. The van der Waals surface area contributed by atoms with E-state index < -0.39 is 5.97 Å². The van der Waals surface area contributed by atoms with Gasteiger partial charge in [0.1, 0.15) is 12.4 Å². The Hall–Kier alpha value is -3.86. The van der Waals surface area contributed by atoms with Crippen LogP contribution in [0.1, 0.15) is 53.7 Å². The van der Waals surface area contributed by atoms with Crippen LogP contribution in [0.5, 0.6) is 5.75 Å². The molecule has 3 aromatic carbocycles. The first-order valence-electron chi connectivity index (χ1n) is 12.1. The highest BCUT2D eigenvalue weighted by Gasteiger charge is 2.16. The van der Waals surface area contributed by atoms with Crippen LogP contribution >= 0.6 is 0 Å². The summed E-state index contributed by atoms with van der Waals surface area (Å²) in [5.41, 5.74) is 4.50. The largest absolute Gasteiger partial charge is 0.489 e. The van der Waals surface area contributed by atoms with Gasteiger partial charge in [0, 0.05) is 23.6 Å². The molecule has 0 atom stereocenters. The van der Waals surface area contributed by atoms with Crippen LogP contribution in [0.2, 0.25) is 0 Å². The molecule has 0 fully saturated rings. The van der Waals surface area contributed by atoms with Crippen molar-refractivity contribution in [2.75, 3.05) is 0 Å². The van der Waals surface area contributed by atoms with Crippen molar-refractivity contribution >= 4 is 22.8 Å². The zero-order valence-electron chi connectivity index (χ0n) is 20.2. The van der Waals surface area contributed by atoms with E-state index in [4.69, 9.17) is 9.84 Å². The lowest BCUT2D eigenvalue weighted by Gasteiger charge is -2.13. The van der Waals surface area contributed by atoms with Crippen LogP contribution in [-0.2, 0) is 24.2 Å². The molecule has 1 aromatic heterocycles. The number of nitrogens with zero attached hydrogens (tertiary/aromatic N) is 1. The van der Waals surface area contributed by atoms with Crippen molar-refractivity contribution in [3.63, 3.8) is 0 Å². The minimum absolute atomic E-state index is 0.107. The molecule has 0 amide bonds. The second-order valence-corrected chi connectivity index (χ2v) is 9.29. The van der Waals surface area contributed by atoms with E-state index in [1.165, 1.54) is 5.56 Å². The summed E-state index contributed by atoms with van der Waals surface area (Å²) in [4.78, 5) is 24.4. The molecule has 0 aliphatic heterocycles. The Kier molecular flexibility index (Phi) is 7.66. The van der Waals surface area contributed by atoms with Crippen LogP contribution in [0, 0.1) is 5.92 Å². The van der Waals surface area contributed by atoms with Gasteiger partial charge in [0.05, 0.1) is 5.52 Å². The number of para-hydroxylation sites is 2. The first kappa shape index (κ1) is 24.3. The van der Waals surface area contributed by atoms with E-state index in [0.717, 1.165) is 34.2 Å². The van der Waals surface area contributed by atoms with Crippen molar-refractivity contribution < 1.29 is 19.4 Å². The average Bonchev–Trinajstić information content (AvgIpc) is 3.21. The fourth-order valence-electron chi connectivity index (χ4n) is 4.39. The summed E-state index contributed by atoms with van der Waals surface area (Å²) in [6.07, 6.45) is 4.04. The summed E-state index contributed by atoms with van der Waals surface area (Å²) in [5, 5.41) is 9.95. The molecule has 0 aliphatic carbocycles. The van der Waals surface area contributed by atoms with Crippen molar-refractivity contribution in [3.8, 4) is 5.75 Å². The Morgan fingerprint density at radius 3 is 2.51 bits per heavy atom. The van der Waals surface area contributed by atoms with Crippen LogP contribution in [0.3, 0.4) is 0 Å². The van der Waals surface area contributed by atoms with Crippen LogP contribution in [0.25, 0.3) is 10.9 Å². The second kappa shape index (κ2) is 11.0. The van der Waals surface area contributed by atoms with E-state index >= 15 is 0 Å². The standard InChI is InChI=1S/C30H31NO4/c1-21(2)17-23-10-3-6-15-28(23)35-20-22-9-7-11-24(18-22)30(34)31-19-25(12-8-16-29(32)33)26-13-4-5-14-27(26)31/h3-7,9-11,13-15,18-19,21H,8,12,16-17,20H2,1-2H3,(H,32,33). The molecule has 0 saturated carbocycles. The molecule has 180 valence electrons. The molecule has 35 heavy (non-hydrogen) atoms. The minimum atomic E-state index is -0.810. The van der Waals surface area contributed by atoms with Gasteiger partial charge in [-0.3, -0.25) is 14.2 Å². The lowest BCUT2D eigenvalue weighted by Crippen LogP contribution is -2.11. The van der Waals surface area contributed by atoms with E-state index in [1.807, 2.05) is 72.9 Å². The summed E-state index contributed by atoms with van der Waals surface area (Å²) in [5.74, 6) is 0.481. The third kappa shape index (κ3) is 5.99. The molecular formula is C30H31NO4. The Labute approximate surface area is 206 Å². The summed E-state index contributed by atoms with van der Waals surface area (Å²) < 4.78 is 7.81. The van der Waals surface area contributed by atoms with Crippen LogP contribution in [-0.4, -0.2) is 21.6 Å². The highest BCUT2D eigenvalue weighted by atomic mass is 16.5. The first-order chi connectivity index (χ1) is 16.9. The smallest absolute Gasteiger partial charge is 0.303 e. The molecule has 0 bridgehead atoms. The fraction of sp³-hybridized carbons (Fsp3) is 0.267. The predicted octanol–water partition coefficient (Wildman–Crippen LogP) is 6.51. The SMILES string of the molecule is CC(C)Cc1ccccc1OCc1cccc(C(=O)n2cc(CCCC(=O)O)c3ccccc32)c1. The predicted molar refractivity (Wildman–Crippen MR) is 138 cm³/mol. The quantitative estimate of drug-likeness (QED) is 0.287. The summed E-state index contributed by atoms with van der Waals surface area (Å²) in [6.45, 7) is 4.76. The number of carboxylic acid groups (broad SMARTS) is 1. The van der Waals surface area contributed by atoms with Crippen LogP contribution in [0.15, 0.2) is 79.0 Å². The monoisotopic (exact) mass is 469 g/mol. The Bertz CT molecular complexity index is 1340. The zero-order valence-corrected chi connectivity index (χ0v) is 20.2. The normalized spacial score (nSPS) is 11.2. The van der Waals surface area contributed by atoms with Crippen LogP contribution in [0.4, 0.5) is 0 Å². The number of fused-ring (bicyclic) bond motifs is 1. The number of aromatic nitrogens is 1. The van der Waals surface area contributed by atoms with E-state index in [9.17, 15) is 9.59 Å². The molecule has 4 aromatic rings. The molecule has 0 aliphatic rings. The van der Waals surface area contributed by atoms with E-state index in [2.05, 4.69) is 19.9 Å². The van der Waals surface area contributed by atoms with E-state index in [0.29, 0.717) is 30.9 Å². The highest BCUT2D eigenvalue weighted by Crippen LogP contribution is 2.25. The summed E-state index contributed by atoms with van der Waals surface area (Å²) in [7, 11) is 0. The van der Waals surface area contributed by atoms with Gasteiger partial charge >= 0.3 is 5.97 Å². The maximum Gasteiger partial charge on any atom is 0.303 e. The Morgan fingerprint density at radius 2 is 1.71 bits per heavy atom. The molecule has 0 radical (unpaired) electrons. The van der Waals surface area contributed by atoms with Gasteiger partial charge in [-0.2, -0.15) is 0 Å². The van der Waals surface area contributed by atoms with Gasteiger partial charge < -0.3 is 9.84 Å². The summed E-state index contributed by atoms with van der Waals surface area (Å²) in [6, 6.07) is 23.4. The van der Waals surface area contributed by atoms with Gasteiger partial charge in [-0.05, 0) is 66.1 Å². The number of benzene rings is 3. The maximum absolute atomic E-state index is 13.5. The molecule has 1 N–H and O–H groups in total. The van der Waals surface area contributed by atoms with E-state index in [-0.39, 0.29) is 12.3 Å². The average molecular weight is 470 g/mol.